The molecule has 0 saturated carbocycles. The largest absolute Gasteiger partial charge is 0.326 e. The van der Waals surface area contributed by atoms with Crippen molar-refractivity contribution in [3.8, 4) is 0 Å². The molecule has 0 bridgehead atoms. The summed E-state index contributed by atoms with van der Waals surface area (Å²) in [6.07, 6.45) is 4.39. The molecule has 1 amide bonds. The van der Waals surface area contributed by atoms with Crippen LogP contribution in [0.4, 0.5) is 0 Å². The van der Waals surface area contributed by atoms with Gasteiger partial charge in [0, 0.05) is 6.54 Å². The third-order valence-electron chi connectivity index (χ3n) is 4.39. The Bertz CT molecular complexity index is 302. The van der Waals surface area contributed by atoms with Crippen LogP contribution in [0.1, 0.15) is 60.3 Å². The van der Waals surface area contributed by atoms with Crippen LogP contribution in [0.3, 0.4) is 0 Å². The Morgan fingerprint density at radius 1 is 1.24 bits per heavy atom. The van der Waals surface area contributed by atoms with Crippen molar-refractivity contribution in [1.29, 1.82) is 0 Å². The molecule has 1 aliphatic heterocycles. The van der Waals surface area contributed by atoms with E-state index in [9.17, 15) is 4.79 Å². The Morgan fingerprint density at radius 3 is 2.43 bits per heavy atom. The van der Waals surface area contributed by atoms with E-state index in [1.807, 2.05) is 0 Å². The highest BCUT2D eigenvalue weighted by Gasteiger charge is 2.37. The number of carbonyl (C=O) groups excluding carboxylic acids is 1. The van der Waals surface area contributed by atoms with Crippen molar-refractivity contribution in [3.05, 3.63) is 0 Å². The third-order valence-corrected chi connectivity index (χ3v) is 4.39. The van der Waals surface area contributed by atoms with Crippen molar-refractivity contribution in [2.24, 2.45) is 5.92 Å². The Hall–Kier alpha value is -0.610. The molecule has 1 rings (SSSR count). The van der Waals surface area contributed by atoms with Gasteiger partial charge in [0.25, 0.3) is 0 Å². The third kappa shape index (κ3) is 5.59. The van der Waals surface area contributed by atoms with Gasteiger partial charge in [-0.25, -0.2) is 0 Å². The molecular weight excluding hydrogens is 262 g/mol. The molecule has 21 heavy (non-hydrogen) atoms. The summed E-state index contributed by atoms with van der Waals surface area (Å²) in [5.74, 6) is 0.933. The zero-order chi connectivity index (χ0) is 15.8. The second-order valence-corrected chi connectivity index (χ2v) is 6.57. The van der Waals surface area contributed by atoms with Crippen LogP contribution in [0.15, 0.2) is 0 Å². The number of nitrogens with one attached hydrogen (secondary N) is 1. The van der Waals surface area contributed by atoms with Crippen LogP contribution in [0, 0.1) is 5.92 Å². The standard InChI is InChI=1S/C17H35N3O/c1-6-10-15-17(21)20(16(18-15)13-14(4)5)12-9-11-19(7-2)8-3/h14-16,18H,6-13H2,1-5H3. The smallest absolute Gasteiger partial charge is 0.241 e. The van der Waals surface area contributed by atoms with Crippen LogP contribution in [0.2, 0.25) is 0 Å². The first-order valence-electron chi connectivity index (χ1n) is 8.82. The molecule has 1 heterocycles. The zero-order valence-corrected chi connectivity index (χ0v) is 14.7. The normalized spacial score (nSPS) is 22.8. The summed E-state index contributed by atoms with van der Waals surface area (Å²) in [7, 11) is 0. The SMILES string of the molecule is CCCC1NC(CC(C)C)N(CCCN(CC)CC)C1=O. The minimum atomic E-state index is 0.0483. The molecule has 0 radical (unpaired) electrons. The maximum atomic E-state index is 12.6. The van der Waals surface area contributed by atoms with Crippen LogP contribution in [0.25, 0.3) is 0 Å². The number of carbonyl (C=O) groups is 1. The monoisotopic (exact) mass is 297 g/mol. The van der Waals surface area contributed by atoms with E-state index in [2.05, 4.69) is 49.7 Å². The molecule has 1 aliphatic rings. The first-order chi connectivity index (χ1) is 10.0. The molecule has 1 fully saturated rings. The summed E-state index contributed by atoms with van der Waals surface area (Å²) >= 11 is 0. The van der Waals surface area contributed by atoms with Gasteiger partial charge in [0.1, 0.15) is 0 Å². The summed E-state index contributed by atoms with van der Waals surface area (Å²) in [5, 5.41) is 3.55. The summed E-state index contributed by atoms with van der Waals surface area (Å²) in [5.41, 5.74) is 0. The van der Waals surface area contributed by atoms with Gasteiger partial charge in [0.2, 0.25) is 5.91 Å². The van der Waals surface area contributed by atoms with Gasteiger partial charge in [-0.3, -0.25) is 10.1 Å². The molecule has 4 nitrogen and oxygen atoms in total. The summed E-state index contributed by atoms with van der Waals surface area (Å²) in [4.78, 5) is 17.1. The highest BCUT2D eigenvalue weighted by atomic mass is 16.2. The van der Waals surface area contributed by atoms with Crippen LogP contribution < -0.4 is 5.32 Å². The Kier molecular flexibility index (Phi) is 8.27. The lowest BCUT2D eigenvalue weighted by Gasteiger charge is -2.27. The molecule has 0 spiro atoms. The first-order valence-corrected chi connectivity index (χ1v) is 8.82. The topological polar surface area (TPSA) is 35.6 Å². The molecule has 2 atom stereocenters. The molecule has 0 aromatic carbocycles. The number of hydrogen-bond acceptors (Lipinski definition) is 3. The van der Waals surface area contributed by atoms with Crippen molar-refractivity contribution < 1.29 is 4.79 Å². The van der Waals surface area contributed by atoms with Crippen LogP contribution in [-0.4, -0.2) is 54.1 Å². The van der Waals surface area contributed by atoms with Crippen LogP contribution in [-0.2, 0) is 4.79 Å². The summed E-state index contributed by atoms with van der Waals surface area (Å²) in [6.45, 7) is 15.2. The second-order valence-electron chi connectivity index (χ2n) is 6.57. The Morgan fingerprint density at radius 2 is 1.90 bits per heavy atom. The van der Waals surface area contributed by atoms with Crippen LogP contribution >= 0.6 is 0 Å². The molecule has 0 aromatic rings. The van der Waals surface area contributed by atoms with Gasteiger partial charge in [-0.1, -0.05) is 41.0 Å². The van der Waals surface area contributed by atoms with E-state index in [0.29, 0.717) is 11.8 Å². The van der Waals surface area contributed by atoms with Gasteiger partial charge in [0.15, 0.2) is 0 Å². The van der Waals surface area contributed by atoms with Gasteiger partial charge in [-0.15, -0.1) is 0 Å². The predicted molar refractivity (Wildman–Crippen MR) is 89.2 cm³/mol. The van der Waals surface area contributed by atoms with Crippen molar-refractivity contribution in [3.63, 3.8) is 0 Å². The maximum Gasteiger partial charge on any atom is 0.241 e. The van der Waals surface area contributed by atoms with E-state index in [1.54, 1.807) is 0 Å². The number of amides is 1. The Labute approximate surface area is 131 Å². The first kappa shape index (κ1) is 18.4. The van der Waals surface area contributed by atoms with Gasteiger partial charge >= 0.3 is 0 Å². The molecule has 1 saturated heterocycles. The Balaban J connectivity index is 2.55. The number of rotatable bonds is 10. The average molecular weight is 297 g/mol. The molecule has 2 unspecified atom stereocenters. The maximum absolute atomic E-state index is 12.6. The minimum absolute atomic E-state index is 0.0483. The molecule has 0 aliphatic carbocycles. The summed E-state index contributed by atoms with van der Waals surface area (Å²) < 4.78 is 0. The summed E-state index contributed by atoms with van der Waals surface area (Å²) in [6, 6.07) is 0.0483. The quantitative estimate of drug-likeness (QED) is 0.673. The number of hydrogen-bond donors (Lipinski definition) is 1. The minimum Gasteiger partial charge on any atom is -0.326 e. The second kappa shape index (κ2) is 9.42. The van der Waals surface area contributed by atoms with E-state index < -0.39 is 0 Å². The molecule has 1 N–H and O–H groups in total. The van der Waals surface area contributed by atoms with E-state index in [1.165, 1.54) is 0 Å². The predicted octanol–water partition coefficient (Wildman–Crippen LogP) is 2.69. The molecule has 0 aromatic heterocycles. The van der Waals surface area contributed by atoms with Crippen LogP contribution in [0.5, 0.6) is 0 Å². The molecule has 124 valence electrons. The lowest BCUT2D eigenvalue weighted by Crippen LogP contribution is -2.40. The lowest BCUT2D eigenvalue weighted by molar-refractivity contribution is -0.130. The molecular formula is C17H35N3O. The fourth-order valence-electron chi connectivity index (χ4n) is 3.16. The van der Waals surface area contributed by atoms with Crippen molar-refractivity contribution in [2.75, 3.05) is 26.2 Å². The van der Waals surface area contributed by atoms with Crippen molar-refractivity contribution in [2.45, 2.75) is 72.5 Å². The fourth-order valence-corrected chi connectivity index (χ4v) is 3.16. The fraction of sp³-hybridized carbons (Fsp3) is 0.941. The van der Waals surface area contributed by atoms with Gasteiger partial charge in [-0.2, -0.15) is 0 Å². The van der Waals surface area contributed by atoms with E-state index in [4.69, 9.17) is 0 Å². The number of nitrogens with zero attached hydrogens (tertiary/aromatic N) is 2. The van der Waals surface area contributed by atoms with Gasteiger partial charge in [0.05, 0.1) is 12.2 Å². The lowest BCUT2D eigenvalue weighted by atomic mass is 10.1. The van der Waals surface area contributed by atoms with E-state index in [0.717, 1.165) is 51.9 Å². The van der Waals surface area contributed by atoms with Crippen molar-refractivity contribution in [1.82, 2.24) is 15.1 Å². The van der Waals surface area contributed by atoms with E-state index >= 15 is 0 Å². The highest BCUT2D eigenvalue weighted by Crippen LogP contribution is 2.20. The van der Waals surface area contributed by atoms with Gasteiger partial charge < -0.3 is 9.80 Å². The van der Waals surface area contributed by atoms with E-state index in [-0.39, 0.29) is 12.2 Å². The van der Waals surface area contributed by atoms with Gasteiger partial charge in [-0.05, 0) is 44.8 Å². The average Bonchev–Trinajstić information content (AvgIpc) is 2.72. The highest BCUT2D eigenvalue weighted by molar-refractivity contribution is 5.84. The molecule has 4 heteroatoms. The zero-order valence-electron chi connectivity index (χ0n) is 14.7. The van der Waals surface area contributed by atoms with Crippen molar-refractivity contribution >= 4 is 5.91 Å².